The number of aliphatic imine (C=N–C) groups is 2. The number of fused-ring (bicyclic) bond motifs is 3. The molecule has 8 heteroatoms. The lowest BCUT2D eigenvalue weighted by Gasteiger charge is -2.32. The van der Waals surface area contributed by atoms with Gasteiger partial charge in [-0.25, -0.2) is 9.98 Å². The number of hydrogen-bond donors (Lipinski definition) is 1. The van der Waals surface area contributed by atoms with Crippen molar-refractivity contribution in [2.24, 2.45) is 21.6 Å². The van der Waals surface area contributed by atoms with Gasteiger partial charge in [-0.1, -0.05) is 6.42 Å². The predicted octanol–water partition coefficient (Wildman–Crippen LogP) is 3.17. The minimum atomic E-state index is -2.74. The average Bonchev–Trinajstić information content (AvgIpc) is 3.32. The highest BCUT2D eigenvalue weighted by Crippen LogP contribution is 2.47. The van der Waals surface area contributed by atoms with E-state index in [0.717, 1.165) is 35.0 Å². The normalized spacial score (nSPS) is 26.6. The maximum atomic E-state index is 12.5. The molecule has 2 atom stereocenters. The Bertz CT molecular complexity index is 766. The van der Waals surface area contributed by atoms with E-state index >= 15 is 0 Å². The lowest BCUT2D eigenvalue weighted by molar-refractivity contribution is 0.160. The van der Waals surface area contributed by atoms with Gasteiger partial charge in [0.2, 0.25) is 0 Å². The monoisotopic (exact) mass is 363 g/mol. The van der Waals surface area contributed by atoms with Crippen LogP contribution in [0.5, 0.6) is 0 Å². The second kappa shape index (κ2) is 6.67. The van der Waals surface area contributed by atoms with E-state index in [-0.39, 0.29) is 0 Å². The van der Waals surface area contributed by atoms with Crippen LogP contribution in [-0.4, -0.2) is 41.1 Å². The molecular formula is C17H19F2N5S. The number of hydrogen-bond acceptors (Lipinski definition) is 6. The van der Waals surface area contributed by atoms with Gasteiger partial charge in [-0.05, 0) is 25.2 Å². The van der Waals surface area contributed by atoms with Gasteiger partial charge in [-0.3, -0.25) is 4.99 Å². The molecule has 2 fully saturated rings. The summed E-state index contributed by atoms with van der Waals surface area (Å²) >= 11 is 1.57. The van der Waals surface area contributed by atoms with Gasteiger partial charge in [0.1, 0.15) is 0 Å². The van der Waals surface area contributed by atoms with Gasteiger partial charge in [-0.15, -0.1) is 11.3 Å². The van der Waals surface area contributed by atoms with Crippen LogP contribution in [0.1, 0.15) is 30.7 Å². The Morgan fingerprint density at radius 1 is 1.44 bits per heavy atom. The Hall–Kier alpha value is -2.09. The number of halogens is 2. The zero-order valence-corrected chi connectivity index (χ0v) is 14.4. The van der Waals surface area contributed by atoms with Crippen LogP contribution in [0.2, 0.25) is 0 Å². The summed E-state index contributed by atoms with van der Waals surface area (Å²) in [5.41, 5.74) is 8.29. The molecule has 4 rings (SSSR count). The maximum Gasteiger partial charge on any atom is 0.331 e. The van der Waals surface area contributed by atoms with E-state index in [9.17, 15) is 8.78 Å². The lowest BCUT2D eigenvalue weighted by atomic mass is 9.99. The van der Waals surface area contributed by atoms with Gasteiger partial charge in [0, 0.05) is 46.9 Å². The van der Waals surface area contributed by atoms with Crippen molar-refractivity contribution in [3.8, 4) is 0 Å². The van der Waals surface area contributed by atoms with E-state index in [2.05, 4.69) is 14.9 Å². The van der Waals surface area contributed by atoms with Crippen LogP contribution < -0.4 is 5.73 Å². The number of thiazole rings is 1. The summed E-state index contributed by atoms with van der Waals surface area (Å²) < 4.78 is 25.0. The molecule has 2 aliphatic heterocycles. The highest BCUT2D eigenvalue weighted by atomic mass is 32.1. The summed E-state index contributed by atoms with van der Waals surface area (Å²) in [6, 6.07) is 0.416. The van der Waals surface area contributed by atoms with Gasteiger partial charge in [0.25, 0.3) is 0 Å². The first-order chi connectivity index (χ1) is 12.2. The first-order valence-corrected chi connectivity index (χ1v) is 9.26. The van der Waals surface area contributed by atoms with Crippen LogP contribution in [0.25, 0.3) is 0 Å². The number of allylic oxidation sites excluding steroid dienone is 1. The number of alkyl halides is 2. The number of nitrogens with zero attached hydrogens (tertiary/aromatic N) is 4. The lowest BCUT2D eigenvalue weighted by Crippen LogP contribution is -2.38. The smallest absolute Gasteiger partial charge is 0.331 e. The fourth-order valence-electron chi connectivity index (χ4n) is 4.14. The van der Waals surface area contributed by atoms with E-state index in [4.69, 9.17) is 10.7 Å². The Labute approximate surface area is 148 Å². The summed E-state index contributed by atoms with van der Waals surface area (Å²) in [6.07, 6.45) is 8.77. The zero-order chi connectivity index (χ0) is 17.4. The van der Waals surface area contributed by atoms with Gasteiger partial charge in [0.05, 0.1) is 6.54 Å². The van der Waals surface area contributed by atoms with Gasteiger partial charge in [-0.2, -0.15) is 8.78 Å². The van der Waals surface area contributed by atoms with Crippen LogP contribution >= 0.6 is 11.3 Å². The van der Waals surface area contributed by atoms with E-state index in [1.54, 1.807) is 17.5 Å². The molecule has 1 aliphatic carbocycles. The molecule has 1 aromatic rings. The van der Waals surface area contributed by atoms with Crippen LogP contribution in [0.3, 0.4) is 0 Å². The summed E-state index contributed by atoms with van der Waals surface area (Å²) in [5.74, 6) is 1.49. The van der Waals surface area contributed by atoms with Gasteiger partial charge >= 0.3 is 6.55 Å². The predicted molar refractivity (Wildman–Crippen MR) is 94.9 cm³/mol. The first-order valence-electron chi connectivity index (χ1n) is 8.38. The molecule has 0 aromatic carbocycles. The third-order valence-corrected chi connectivity index (χ3v) is 5.91. The fourth-order valence-corrected chi connectivity index (χ4v) is 4.78. The first kappa shape index (κ1) is 16.4. The standard InChI is InChI=1S/C17H19F2N5S/c18-17(19)23-8-11(7-20)12-9-22-15(16-21-4-5-25-16)24-13-3-1-2-10(13)6-14(12)24/h4-5,7-8,10,13,17H,1-3,6,9,20H2. The zero-order valence-electron chi connectivity index (χ0n) is 13.6. The average molecular weight is 363 g/mol. The van der Waals surface area contributed by atoms with Crippen molar-refractivity contribution in [2.45, 2.75) is 38.3 Å². The third-order valence-electron chi connectivity index (χ3n) is 5.14. The molecule has 0 spiro atoms. The molecule has 1 aromatic heterocycles. The quantitative estimate of drug-likeness (QED) is 0.660. The SMILES string of the molecule is NC=C(C=NC(F)F)C1=C2CC3CCCC3N2C(c2nccs2)=NC1. The molecule has 132 valence electrons. The summed E-state index contributed by atoms with van der Waals surface area (Å²) in [4.78, 5) is 14.7. The van der Waals surface area contributed by atoms with Crippen molar-refractivity contribution in [1.82, 2.24) is 9.88 Å². The molecule has 5 nitrogen and oxygen atoms in total. The Kier molecular flexibility index (Phi) is 4.37. The van der Waals surface area contributed by atoms with E-state index in [1.807, 2.05) is 5.38 Å². The van der Waals surface area contributed by atoms with Gasteiger partial charge < -0.3 is 10.6 Å². The Morgan fingerprint density at radius 3 is 3.04 bits per heavy atom. The molecule has 2 N–H and O–H groups in total. The third kappa shape index (κ3) is 2.88. The fraction of sp³-hybridized carbons (Fsp3) is 0.471. The molecule has 3 aliphatic rings. The Morgan fingerprint density at radius 2 is 2.32 bits per heavy atom. The summed E-state index contributed by atoms with van der Waals surface area (Å²) in [6.45, 7) is -2.32. The molecule has 3 heterocycles. The highest BCUT2D eigenvalue weighted by molar-refractivity contribution is 7.11. The molecular weight excluding hydrogens is 344 g/mol. The number of rotatable bonds is 4. The van der Waals surface area contributed by atoms with Crippen molar-refractivity contribution < 1.29 is 8.78 Å². The van der Waals surface area contributed by atoms with Crippen LogP contribution in [0.4, 0.5) is 8.78 Å². The molecule has 2 unspecified atom stereocenters. The highest BCUT2D eigenvalue weighted by Gasteiger charge is 2.45. The number of nitrogens with two attached hydrogens (primary N) is 1. The van der Waals surface area contributed by atoms with Crippen molar-refractivity contribution in [1.29, 1.82) is 0 Å². The largest absolute Gasteiger partial charge is 0.404 e. The van der Waals surface area contributed by atoms with Crippen molar-refractivity contribution in [3.63, 3.8) is 0 Å². The molecule has 1 saturated heterocycles. The van der Waals surface area contributed by atoms with E-state index < -0.39 is 6.55 Å². The topological polar surface area (TPSA) is 66.9 Å². The molecule has 0 amide bonds. The molecule has 0 bridgehead atoms. The summed E-state index contributed by atoms with van der Waals surface area (Å²) in [7, 11) is 0. The maximum absolute atomic E-state index is 12.5. The minimum Gasteiger partial charge on any atom is -0.404 e. The molecule has 25 heavy (non-hydrogen) atoms. The molecule has 0 radical (unpaired) electrons. The minimum absolute atomic E-state index is 0.415. The molecule has 1 saturated carbocycles. The van der Waals surface area contributed by atoms with Crippen LogP contribution in [0, 0.1) is 5.92 Å². The van der Waals surface area contributed by atoms with E-state index in [1.165, 1.54) is 25.3 Å². The van der Waals surface area contributed by atoms with Gasteiger partial charge in [0.15, 0.2) is 10.8 Å². The van der Waals surface area contributed by atoms with Crippen LogP contribution in [0.15, 0.2) is 44.6 Å². The van der Waals surface area contributed by atoms with Crippen LogP contribution in [-0.2, 0) is 0 Å². The van der Waals surface area contributed by atoms with Crippen molar-refractivity contribution >= 4 is 23.4 Å². The van der Waals surface area contributed by atoms with Crippen molar-refractivity contribution in [3.05, 3.63) is 39.6 Å². The van der Waals surface area contributed by atoms with Crippen molar-refractivity contribution in [2.75, 3.05) is 6.54 Å². The van der Waals surface area contributed by atoms with E-state index in [0.29, 0.717) is 24.1 Å². The number of aromatic nitrogens is 1. The second-order valence-corrected chi connectivity index (χ2v) is 7.31. The Balaban J connectivity index is 1.74. The number of amidine groups is 1. The summed E-state index contributed by atoms with van der Waals surface area (Å²) in [5, 5.41) is 2.85. The second-order valence-electron chi connectivity index (χ2n) is 6.41.